The molecule has 8 heteroatoms. The molecule has 30 heavy (non-hydrogen) atoms. The minimum absolute atomic E-state index is 0.0144. The van der Waals surface area contributed by atoms with Crippen molar-refractivity contribution >= 4 is 21.9 Å². The van der Waals surface area contributed by atoms with Gasteiger partial charge in [-0.3, -0.25) is 9.59 Å². The molecule has 2 rings (SSSR count). The molecule has 0 saturated heterocycles. The number of aryl methyl sites for hydroxylation is 1. The first-order chi connectivity index (χ1) is 14.2. The Morgan fingerprint density at radius 2 is 1.57 bits per heavy atom. The molecule has 0 saturated carbocycles. The van der Waals surface area contributed by atoms with Crippen LogP contribution in [0.15, 0.2) is 53.4 Å². The first-order valence-corrected chi connectivity index (χ1v) is 11.2. The number of carbonyl (C=O) groups is 2. The van der Waals surface area contributed by atoms with Gasteiger partial charge in [-0.05, 0) is 50.6 Å². The van der Waals surface area contributed by atoms with Gasteiger partial charge < -0.3 is 9.64 Å². The van der Waals surface area contributed by atoms with Gasteiger partial charge >= 0.3 is 5.97 Å². The zero-order chi connectivity index (χ0) is 22.3. The Labute approximate surface area is 178 Å². The minimum atomic E-state index is -3.93. The molecule has 162 valence electrons. The Kier molecular flexibility index (Phi) is 8.14. The SMILES string of the molecule is CCN(CC)C(=O)c1ccc(S(=O)(=O)NC(CC(=O)OC)c2ccc(C)cc2)cc1. The van der Waals surface area contributed by atoms with E-state index in [1.165, 1.54) is 31.4 Å². The van der Waals surface area contributed by atoms with E-state index < -0.39 is 22.0 Å². The van der Waals surface area contributed by atoms with Crippen molar-refractivity contribution < 1.29 is 22.7 Å². The Balaban J connectivity index is 2.27. The van der Waals surface area contributed by atoms with E-state index in [4.69, 9.17) is 4.74 Å². The van der Waals surface area contributed by atoms with Crippen LogP contribution < -0.4 is 4.72 Å². The van der Waals surface area contributed by atoms with Crippen LogP contribution in [0.5, 0.6) is 0 Å². The molecular formula is C22H28N2O5S. The highest BCUT2D eigenvalue weighted by Gasteiger charge is 2.24. The zero-order valence-electron chi connectivity index (χ0n) is 17.7. The second kappa shape index (κ2) is 10.4. The highest BCUT2D eigenvalue weighted by atomic mass is 32.2. The lowest BCUT2D eigenvalue weighted by Crippen LogP contribution is -2.31. The molecule has 0 aliphatic carbocycles. The molecule has 0 aromatic heterocycles. The molecule has 0 fully saturated rings. The van der Waals surface area contributed by atoms with E-state index >= 15 is 0 Å². The highest BCUT2D eigenvalue weighted by molar-refractivity contribution is 7.89. The average Bonchev–Trinajstić information content (AvgIpc) is 2.74. The number of rotatable bonds is 9. The van der Waals surface area contributed by atoms with Gasteiger partial charge in [0.2, 0.25) is 10.0 Å². The Morgan fingerprint density at radius 3 is 2.07 bits per heavy atom. The van der Waals surface area contributed by atoms with E-state index in [0.29, 0.717) is 24.2 Å². The van der Waals surface area contributed by atoms with Crippen LogP contribution in [0.2, 0.25) is 0 Å². The van der Waals surface area contributed by atoms with Crippen molar-refractivity contribution in [1.82, 2.24) is 9.62 Å². The summed E-state index contributed by atoms with van der Waals surface area (Å²) in [6.07, 6.45) is -0.142. The lowest BCUT2D eigenvalue weighted by molar-refractivity contribution is -0.141. The number of carbonyl (C=O) groups excluding carboxylic acids is 2. The van der Waals surface area contributed by atoms with Crippen molar-refractivity contribution in [3.63, 3.8) is 0 Å². The Morgan fingerprint density at radius 1 is 1.00 bits per heavy atom. The molecule has 0 heterocycles. The predicted octanol–water partition coefficient (Wildman–Crippen LogP) is 3.06. The number of sulfonamides is 1. The van der Waals surface area contributed by atoms with Gasteiger partial charge in [-0.2, -0.15) is 0 Å². The molecule has 1 amide bonds. The molecule has 0 spiro atoms. The summed E-state index contributed by atoms with van der Waals surface area (Å²) in [7, 11) is -2.67. The van der Waals surface area contributed by atoms with Crippen molar-refractivity contribution in [1.29, 1.82) is 0 Å². The first kappa shape index (κ1) is 23.6. The molecule has 0 aliphatic heterocycles. The maximum atomic E-state index is 12.9. The molecule has 2 aromatic rings. The normalized spacial score (nSPS) is 12.3. The summed E-state index contributed by atoms with van der Waals surface area (Å²) in [4.78, 5) is 25.9. The smallest absolute Gasteiger partial charge is 0.307 e. The third-order valence-electron chi connectivity index (χ3n) is 4.84. The van der Waals surface area contributed by atoms with Crippen molar-refractivity contribution in [3.8, 4) is 0 Å². The molecule has 0 radical (unpaired) electrons. The number of hydrogen-bond acceptors (Lipinski definition) is 5. The van der Waals surface area contributed by atoms with E-state index in [1.54, 1.807) is 17.0 Å². The fourth-order valence-corrected chi connectivity index (χ4v) is 4.23. The fourth-order valence-electron chi connectivity index (χ4n) is 3.00. The highest BCUT2D eigenvalue weighted by Crippen LogP contribution is 2.22. The quantitative estimate of drug-likeness (QED) is 0.615. The second-order valence-corrected chi connectivity index (χ2v) is 8.58. The molecular weight excluding hydrogens is 404 g/mol. The molecule has 1 atom stereocenters. The van der Waals surface area contributed by atoms with Crippen molar-refractivity contribution in [2.24, 2.45) is 0 Å². The van der Waals surface area contributed by atoms with Gasteiger partial charge in [0.25, 0.3) is 5.91 Å². The van der Waals surface area contributed by atoms with Crippen molar-refractivity contribution in [3.05, 3.63) is 65.2 Å². The minimum Gasteiger partial charge on any atom is -0.469 e. The van der Waals surface area contributed by atoms with Gasteiger partial charge in [-0.25, -0.2) is 13.1 Å². The van der Waals surface area contributed by atoms with Gasteiger partial charge in [0.15, 0.2) is 0 Å². The van der Waals surface area contributed by atoms with Crippen molar-refractivity contribution in [2.75, 3.05) is 20.2 Å². The van der Waals surface area contributed by atoms with Crippen LogP contribution in [0.25, 0.3) is 0 Å². The fraction of sp³-hybridized carbons (Fsp3) is 0.364. The van der Waals surface area contributed by atoms with Gasteiger partial charge in [-0.1, -0.05) is 29.8 Å². The summed E-state index contributed by atoms with van der Waals surface area (Å²) in [6, 6.07) is 12.2. The monoisotopic (exact) mass is 432 g/mol. The predicted molar refractivity (Wildman–Crippen MR) is 115 cm³/mol. The van der Waals surface area contributed by atoms with Crippen LogP contribution in [-0.4, -0.2) is 45.4 Å². The van der Waals surface area contributed by atoms with Crippen LogP contribution in [-0.2, 0) is 19.6 Å². The maximum absolute atomic E-state index is 12.9. The molecule has 1 unspecified atom stereocenters. The topological polar surface area (TPSA) is 92.8 Å². The molecule has 1 N–H and O–H groups in total. The third-order valence-corrected chi connectivity index (χ3v) is 6.33. The van der Waals surface area contributed by atoms with Crippen LogP contribution in [0.1, 0.15) is 47.8 Å². The number of nitrogens with one attached hydrogen (secondary N) is 1. The number of nitrogens with zero attached hydrogens (tertiary/aromatic N) is 1. The summed E-state index contributed by atoms with van der Waals surface area (Å²) < 4.78 is 33.1. The number of methoxy groups -OCH3 is 1. The van der Waals surface area contributed by atoms with E-state index in [1.807, 2.05) is 32.9 Å². The van der Waals surface area contributed by atoms with Crippen LogP contribution in [0.4, 0.5) is 0 Å². The zero-order valence-corrected chi connectivity index (χ0v) is 18.5. The van der Waals surface area contributed by atoms with Gasteiger partial charge in [0.05, 0.1) is 24.5 Å². The largest absolute Gasteiger partial charge is 0.469 e. The number of esters is 1. The van der Waals surface area contributed by atoms with E-state index in [2.05, 4.69) is 4.72 Å². The standard InChI is InChI=1S/C22H28N2O5S/c1-5-24(6-2)22(26)18-11-13-19(14-12-18)30(27,28)23-20(15-21(25)29-4)17-9-7-16(3)8-10-17/h7-14,20,23H,5-6,15H2,1-4H3. The molecule has 0 aliphatic rings. The number of hydrogen-bond donors (Lipinski definition) is 1. The van der Waals surface area contributed by atoms with E-state index in [9.17, 15) is 18.0 Å². The molecule has 2 aromatic carbocycles. The molecule has 0 bridgehead atoms. The number of ether oxygens (including phenoxy) is 1. The lowest BCUT2D eigenvalue weighted by atomic mass is 10.0. The number of benzene rings is 2. The Hall–Kier alpha value is -2.71. The summed E-state index contributed by atoms with van der Waals surface area (Å²) in [5.41, 5.74) is 2.09. The van der Waals surface area contributed by atoms with Crippen molar-refractivity contribution in [2.45, 2.75) is 38.1 Å². The summed E-state index contributed by atoms with van der Waals surface area (Å²) in [5, 5.41) is 0. The van der Waals surface area contributed by atoms with Gasteiger partial charge in [0.1, 0.15) is 0 Å². The number of amides is 1. The Bertz CT molecular complexity index is 966. The summed E-state index contributed by atoms with van der Waals surface area (Å²) in [5.74, 6) is -0.677. The lowest BCUT2D eigenvalue weighted by Gasteiger charge is -2.20. The van der Waals surface area contributed by atoms with Gasteiger partial charge in [0, 0.05) is 18.7 Å². The second-order valence-electron chi connectivity index (χ2n) is 6.87. The third kappa shape index (κ3) is 5.90. The first-order valence-electron chi connectivity index (χ1n) is 9.76. The van der Waals surface area contributed by atoms with Crippen LogP contribution >= 0.6 is 0 Å². The summed E-state index contributed by atoms with van der Waals surface area (Å²) >= 11 is 0. The average molecular weight is 433 g/mol. The maximum Gasteiger partial charge on any atom is 0.307 e. The van der Waals surface area contributed by atoms with E-state index in [0.717, 1.165) is 5.56 Å². The van der Waals surface area contributed by atoms with Crippen LogP contribution in [0, 0.1) is 6.92 Å². The molecule has 7 nitrogen and oxygen atoms in total. The van der Waals surface area contributed by atoms with Crippen LogP contribution in [0.3, 0.4) is 0 Å². The van der Waals surface area contributed by atoms with Gasteiger partial charge in [-0.15, -0.1) is 0 Å². The van der Waals surface area contributed by atoms with E-state index in [-0.39, 0.29) is 17.2 Å². The summed E-state index contributed by atoms with van der Waals surface area (Å²) in [6.45, 7) is 6.84.